The Kier molecular flexibility index (Phi) is 5.15. The molecule has 0 radical (unpaired) electrons. The van der Waals surface area contributed by atoms with Gasteiger partial charge in [-0.25, -0.2) is 4.52 Å². The van der Waals surface area contributed by atoms with Crippen molar-refractivity contribution in [2.24, 2.45) is 11.8 Å². The summed E-state index contributed by atoms with van der Waals surface area (Å²) in [6, 6.07) is 5.72. The summed E-state index contributed by atoms with van der Waals surface area (Å²) in [6.07, 6.45) is -1.24. The van der Waals surface area contributed by atoms with E-state index in [-0.39, 0.29) is 6.04 Å². The fourth-order valence-corrected chi connectivity index (χ4v) is 5.40. The maximum atomic E-state index is 12.4. The van der Waals surface area contributed by atoms with Gasteiger partial charge in [-0.3, -0.25) is 0 Å². The molecule has 3 aromatic rings. The van der Waals surface area contributed by atoms with Gasteiger partial charge in [0.05, 0.1) is 18.7 Å². The summed E-state index contributed by atoms with van der Waals surface area (Å²) in [4.78, 5) is 6.94. The van der Waals surface area contributed by atoms with E-state index in [0.717, 1.165) is 31.6 Å². The SMILES string of the molecule is Cc1cc(N2C[C@H]3CC[C@@H](C2)C3Nc2nc3c(OCCC(F)(F)F)cccn3n2)sn1. The van der Waals surface area contributed by atoms with Crippen LogP contribution in [0.25, 0.3) is 5.65 Å². The zero-order valence-corrected chi connectivity index (χ0v) is 17.8. The molecule has 3 aromatic heterocycles. The Morgan fingerprint density at radius 1 is 1.26 bits per heavy atom. The number of aryl methyl sites for hydroxylation is 1. The number of halogens is 3. The number of alkyl halides is 3. The molecule has 166 valence electrons. The van der Waals surface area contributed by atoms with Crippen molar-refractivity contribution >= 4 is 28.1 Å². The van der Waals surface area contributed by atoms with Gasteiger partial charge in [-0.1, -0.05) is 0 Å². The van der Waals surface area contributed by atoms with Crippen LogP contribution in [-0.4, -0.2) is 50.9 Å². The smallest absolute Gasteiger partial charge is 0.392 e. The van der Waals surface area contributed by atoms with Gasteiger partial charge < -0.3 is 15.0 Å². The zero-order chi connectivity index (χ0) is 21.6. The van der Waals surface area contributed by atoms with E-state index in [0.29, 0.717) is 29.2 Å². The topological polar surface area (TPSA) is 67.6 Å². The molecule has 2 bridgehead atoms. The Hall–Kier alpha value is -2.56. The predicted octanol–water partition coefficient (Wildman–Crippen LogP) is 4.15. The minimum atomic E-state index is -4.25. The summed E-state index contributed by atoms with van der Waals surface area (Å²) in [6.45, 7) is 3.50. The van der Waals surface area contributed by atoms with E-state index in [1.807, 2.05) is 6.92 Å². The normalized spacial score (nSPS) is 23.5. The van der Waals surface area contributed by atoms with Gasteiger partial charge in [-0.2, -0.15) is 22.5 Å². The lowest BCUT2D eigenvalue weighted by Crippen LogP contribution is -2.48. The Morgan fingerprint density at radius 2 is 2.03 bits per heavy atom. The first kappa shape index (κ1) is 20.3. The first-order chi connectivity index (χ1) is 14.9. The Labute approximate surface area is 181 Å². The van der Waals surface area contributed by atoms with Gasteiger partial charge in [0.2, 0.25) is 5.95 Å². The van der Waals surface area contributed by atoms with E-state index in [1.165, 1.54) is 5.00 Å². The van der Waals surface area contributed by atoms with Crippen LogP contribution in [0.4, 0.5) is 24.1 Å². The van der Waals surface area contributed by atoms with Gasteiger partial charge in [-0.15, -0.1) is 5.10 Å². The second-order valence-electron chi connectivity index (χ2n) is 8.27. The summed E-state index contributed by atoms with van der Waals surface area (Å²) in [5.41, 5.74) is 1.46. The van der Waals surface area contributed by atoms with Crippen LogP contribution in [0.5, 0.6) is 5.75 Å². The summed E-state index contributed by atoms with van der Waals surface area (Å²) in [5.74, 6) is 1.74. The van der Waals surface area contributed by atoms with Crippen molar-refractivity contribution in [2.45, 2.75) is 38.4 Å². The monoisotopic (exact) mass is 452 g/mol. The summed E-state index contributed by atoms with van der Waals surface area (Å²) in [5, 5.41) is 9.19. The molecule has 0 amide bonds. The maximum Gasteiger partial charge on any atom is 0.392 e. The van der Waals surface area contributed by atoms with Gasteiger partial charge in [-0.05, 0) is 61.3 Å². The number of piperidine rings is 1. The molecule has 3 atom stereocenters. The molecule has 7 nitrogen and oxygen atoms in total. The number of nitrogens with zero attached hydrogens (tertiary/aromatic N) is 5. The third-order valence-electron chi connectivity index (χ3n) is 6.03. The molecule has 0 spiro atoms. The van der Waals surface area contributed by atoms with Crippen LogP contribution in [0, 0.1) is 18.8 Å². The summed E-state index contributed by atoms with van der Waals surface area (Å²) >= 11 is 1.55. The molecule has 1 saturated heterocycles. The van der Waals surface area contributed by atoms with E-state index in [9.17, 15) is 13.2 Å². The minimum absolute atomic E-state index is 0.275. The highest BCUT2D eigenvalue weighted by molar-refractivity contribution is 7.10. The number of aromatic nitrogens is 4. The zero-order valence-electron chi connectivity index (χ0n) is 17.0. The molecule has 5 rings (SSSR count). The van der Waals surface area contributed by atoms with Crippen LogP contribution in [0.15, 0.2) is 24.4 Å². The van der Waals surface area contributed by atoms with Gasteiger partial charge in [0.25, 0.3) is 0 Å². The molecule has 1 aliphatic heterocycles. The highest BCUT2D eigenvalue weighted by atomic mass is 32.1. The first-order valence-corrected chi connectivity index (χ1v) is 11.1. The van der Waals surface area contributed by atoms with Crippen LogP contribution >= 0.6 is 11.5 Å². The molecule has 2 aliphatic rings. The molecular weight excluding hydrogens is 429 g/mol. The number of hydrogen-bond donors (Lipinski definition) is 1. The lowest BCUT2D eigenvalue weighted by molar-refractivity contribution is -0.139. The molecule has 4 heterocycles. The maximum absolute atomic E-state index is 12.4. The highest BCUT2D eigenvalue weighted by Crippen LogP contribution is 2.41. The number of rotatable bonds is 6. The molecule has 1 unspecified atom stereocenters. The van der Waals surface area contributed by atoms with Gasteiger partial charge in [0.1, 0.15) is 5.00 Å². The molecule has 1 saturated carbocycles. The average Bonchev–Trinajstić information content (AvgIpc) is 3.37. The first-order valence-electron chi connectivity index (χ1n) is 10.4. The van der Waals surface area contributed by atoms with Crippen LogP contribution < -0.4 is 15.0 Å². The largest absolute Gasteiger partial charge is 0.489 e. The lowest BCUT2D eigenvalue weighted by Gasteiger charge is -2.38. The Bertz CT molecular complexity index is 1050. The van der Waals surface area contributed by atoms with E-state index < -0.39 is 19.2 Å². The van der Waals surface area contributed by atoms with Crippen LogP contribution in [0.1, 0.15) is 25.0 Å². The average molecular weight is 453 g/mol. The fourth-order valence-electron chi connectivity index (χ4n) is 4.62. The highest BCUT2D eigenvalue weighted by Gasteiger charge is 2.43. The molecular formula is C20H23F3N6OS. The standard InChI is InChI=1S/C20H23F3N6OS/c1-12-9-16(31-27-12)28-10-13-4-5-14(11-28)17(13)24-19-25-18-15(3-2-7-29(18)26-19)30-8-6-20(21,22)23/h2-3,7,9,13-14,17H,4-6,8,10-11H2,1H3,(H,24,26)/t13-,14+,17?. The molecule has 1 N–H and O–H groups in total. The molecule has 0 aromatic carbocycles. The van der Waals surface area contributed by atoms with Crippen molar-refractivity contribution in [2.75, 3.05) is 29.9 Å². The third kappa shape index (κ3) is 4.28. The number of hydrogen-bond acceptors (Lipinski definition) is 7. The van der Waals surface area contributed by atoms with Crippen molar-refractivity contribution in [1.82, 2.24) is 19.0 Å². The van der Waals surface area contributed by atoms with Gasteiger partial charge >= 0.3 is 6.18 Å². The number of ether oxygens (including phenoxy) is 1. The van der Waals surface area contributed by atoms with Crippen molar-refractivity contribution in [1.29, 1.82) is 0 Å². The minimum Gasteiger partial charge on any atom is -0.489 e. The van der Waals surface area contributed by atoms with Gasteiger partial charge in [0, 0.05) is 25.3 Å². The van der Waals surface area contributed by atoms with Crippen LogP contribution in [0.3, 0.4) is 0 Å². The summed E-state index contributed by atoms with van der Waals surface area (Å²) < 4.78 is 48.6. The molecule has 2 fully saturated rings. The summed E-state index contributed by atoms with van der Waals surface area (Å²) in [7, 11) is 0. The van der Waals surface area contributed by atoms with E-state index >= 15 is 0 Å². The van der Waals surface area contributed by atoms with Crippen molar-refractivity contribution in [3.63, 3.8) is 0 Å². The fraction of sp³-hybridized carbons (Fsp3) is 0.550. The molecule has 31 heavy (non-hydrogen) atoms. The van der Waals surface area contributed by atoms with E-state index in [2.05, 4.69) is 30.7 Å². The Morgan fingerprint density at radius 3 is 2.71 bits per heavy atom. The van der Waals surface area contributed by atoms with Crippen LogP contribution in [-0.2, 0) is 0 Å². The molecule has 11 heteroatoms. The number of fused-ring (bicyclic) bond motifs is 3. The van der Waals surface area contributed by atoms with E-state index in [1.54, 1.807) is 34.4 Å². The van der Waals surface area contributed by atoms with Crippen molar-refractivity contribution in [3.8, 4) is 5.75 Å². The number of anilines is 2. The van der Waals surface area contributed by atoms with Crippen molar-refractivity contribution in [3.05, 3.63) is 30.1 Å². The van der Waals surface area contributed by atoms with Crippen molar-refractivity contribution < 1.29 is 17.9 Å². The van der Waals surface area contributed by atoms with E-state index in [4.69, 9.17) is 4.74 Å². The van der Waals surface area contributed by atoms with Gasteiger partial charge in [0.15, 0.2) is 11.4 Å². The second kappa shape index (κ2) is 7.85. The number of pyridine rings is 1. The Balaban J connectivity index is 1.28. The lowest BCUT2D eigenvalue weighted by atomic mass is 9.92. The second-order valence-corrected chi connectivity index (χ2v) is 9.05. The predicted molar refractivity (Wildman–Crippen MR) is 112 cm³/mol. The number of nitrogens with one attached hydrogen (secondary N) is 1. The third-order valence-corrected chi connectivity index (χ3v) is 6.97. The molecule has 1 aliphatic carbocycles. The van der Waals surface area contributed by atoms with Crippen LogP contribution in [0.2, 0.25) is 0 Å². The quantitative estimate of drug-likeness (QED) is 0.606.